The van der Waals surface area contributed by atoms with E-state index in [1.165, 1.54) is 0 Å². The summed E-state index contributed by atoms with van der Waals surface area (Å²) in [5.74, 6) is -0.00406. The molecule has 0 aliphatic rings. The number of rotatable bonds is 8. The van der Waals surface area contributed by atoms with E-state index in [1.807, 2.05) is 37.4 Å². The third kappa shape index (κ3) is 6.07. The van der Waals surface area contributed by atoms with Crippen molar-refractivity contribution in [1.29, 1.82) is 0 Å². The van der Waals surface area contributed by atoms with E-state index in [0.717, 1.165) is 16.9 Å². The SMILES string of the molecule is CSCC[C@@H](NC(=O)c1ccc(Cl)cc1)C(=O)OCc1ccccc1C. The maximum atomic E-state index is 12.5. The van der Waals surface area contributed by atoms with Gasteiger partial charge in [-0.25, -0.2) is 4.79 Å². The molecule has 0 saturated heterocycles. The molecule has 26 heavy (non-hydrogen) atoms. The van der Waals surface area contributed by atoms with E-state index >= 15 is 0 Å². The Morgan fingerprint density at radius 2 is 1.85 bits per heavy atom. The summed E-state index contributed by atoms with van der Waals surface area (Å²) in [7, 11) is 0. The second kappa shape index (κ2) is 10.2. The van der Waals surface area contributed by atoms with E-state index < -0.39 is 12.0 Å². The molecule has 0 radical (unpaired) electrons. The highest BCUT2D eigenvalue weighted by Gasteiger charge is 2.22. The van der Waals surface area contributed by atoms with Crippen molar-refractivity contribution < 1.29 is 14.3 Å². The Bertz CT molecular complexity index is 749. The fraction of sp³-hybridized carbons (Fsp3) is 0.300. The van der Waals surface area contributed by atoms with E-state index in [4.69, 9.17) is 16.3 Å². The van der Waals surface area contributed by atoms with Gasteiger partial charge in [-0.2, -0.15) is 11.8 Å². The molecule has 138 valence electrons. The van der Waals surface area contributed by atoms with Crippen LogP contribution in [-0.2, 0) is 16.1 Å². The lowest BCUT2D eigenvalue weighted by atomic mass is 10.1. The lowest BCUT2D eigenvalue weighted by Crippen LogP contribution is -2.42. The first-order chi connectivity index (χ1) is 12.5. The summed E-state index contributed by atoms with van der Waals surface area (Å²) in [6.45, 7) is 2.16. The molecular weight excluding hydrogens is 370 g/mol. The number of esters is 1. The third-order valence-corrected chi connectivity index (χ3v) is 4.83. The molecule has 2 aromatic rings. The first kappa shape index (κ1) is 20.3. The highest BCUT2D eigenvalue weighted by atomic mass is 35.5. The number of carbonyl (C=O) groups excluding carboxylic acids is 2. The molecule has 0 saturated carbocycles. The molecule has 2 aromatic carbocycles. The molecule has 0 aliphatic heterocycles. The van der Waals surface area contributed by atoms with Gasteiger partial charge in [-0.1, -0.05) is 35.9 Å². The molecule has 0 fully saturated rings. The van der Waals surface area contributed by atoms with Gasteiger partial charge in [-0.3, -0.25) is 4.79 Å². The van der Waals surface area contributed by atoms with Crippen molar-refractivity contribution in [2.75, 3.05) is 12.0 Å². The topological polar surface area (TPSA) is 55.4 Å². The zero-order valence-corrected chi connectivity index (χ0v) is 16.4. The second-order valence-corrected chi connectivity index (χ2v) is 7.27. The number of hydrogen-bond donors (Lipinski definition) is 1. The Kier molecular flexibility index (Phi) is 8.01. The Labute approximate surface area is 163 Å². The van der Waals surface area contributed by atoms with Crippen molar-refractivity contribution in [2.45, 2.75) is 26.0 Å². The molecule has 0 aromatic heterocycles. The fourth-order valence-electron chi connectivity index (χ4n) is 2.35. The van der Waals surface area contributed by atoms with Crippen LogP contribution < -0.4 is 5.32 Å². The second-order valence-electron chi connectivity index (χ2n) is 5.85. The van der Waals surface area contributed by atoms with Gasteiger partial charge in [0.05, 0.1) is 0 Å². The molecule has 0 heterocycles. The molecular formula is C20H22ClNO3S. The van der Waals surface area contributed by atoms with Gasteiger partial charge in [0.15, 0.2) is 0 Å². The standard InChI is InChI=1S/C20H22ClNO3S/c1-14-5-3-4-6-16(14)13-25-20(24)18(11-12-26-2)22-19(23)15-7-9-17(21)10-8-15/h3-10,18H,11-13H2,1-2H3,(H,22,23)/t18-/m1/s1. The van der Waals surface area contributed by atoms with Crippen molar-refractivity contribution in [3.63, 3.8) is 0 Å². The zero-order chi connectivity index (χ0) is 18.9. The molecule has 4 nitrogen and oxygen atoms in total. The first-order valence-electron chi connectivity index (χ1n) is 8.27. The maximum absolute atomic E-state index is 12.5. The predicted octanol–water partition coefficient (Wildman–Crippen LogP) is 4.24. The summed E-state index contributed by atoms with van der Waals surface area (Å²) in [4.78, 5) is 24.9. The van der Waals surface area contributed by atoms with E-state index in [9.17, 15) is 9.59 Å². The minimum absolute atomic E-state index is 0.193. The number of halogens is 1. The monoisotopic (exact) mass is 391 g/mol. The maximum Gasteiger partial charge on any atom is 0.329 e. The summed E-state index contributed by atoms with van der Waals surface area (Å²) >= 11 is 7.46. The van der Waals surface area contributed by atoms with Crippen LogP contribution in [0.3, 0.4) is 0 Å². The number of amides is 1. The average molecular weight is 392 g/mol. The van der Waals surface area contributed by atoms with Gasteiger partial charge in [0.25, 0.3) is 5.91 Å². The van der Waals surface area contributed by atoms with Crippen LogP contribution in [-0.4, -0.2) is 29.9 Å². The minimum Gasteiger partial charge on any atom is -0.459 e. The van der Waals surface area contributed by atoms with Crippen LogP contribution in [0.2, 0.25) is 5.02 Å². The van der Waals surface area contributed by atoms with E-state index in [2.05, 4.69) is 5.32 Å². The number of nitrogens with one attached hydrogen (secondary N) is 1. The zero-order valence-electron chi connectivity index (χ0n) is 14.8. The summed E-state index contributed by atoms with van der Waals surface area (Å²) in [6, 6.07) is 13.6. The van der Waals surface area contributed by atoms with Gasteiger partial charge >= 0.3 is 5.97 Å². The van der Waals surface area contributed by atoms with Crippen molar-refractivity contribution >= 4 is 35.2 Å². The van der Waals surface area contributed by atoms with Crippen LogP contribution in [0.25, 0.3) is 0 Å². The van der Waals surface area contributed by atoms with Crippen LogP contribution >= 0.6 is 23.4 Å². The quantitative estimate of drug-likeness (QED) is 0.683. The van der Waals surface area contributed by atoms with Gasteiger partial charge in [-0.05, 0) is 60.7 Å². The minimum atomic E-state index is -0.686. The van der Waals surface area contributed by atoms with Crippen molar-refractivity contribution in [3.05, 3.63) is 70.2 Å². The first-order valence-corrected chi connectivity index (χ1v) is 10.0. The normalized spacial score (nSPS) is 11.7. The van der Waals surface area contributed by atoms with Crippen molar-refractivity contribution in [1.82, 2.24) is 5.32 Å². The van der Waals surface area contributed by atoms with Crippen LogP contribution in [0.5, 0.6) is 0 Å². The van der Waals surface area contributed by atoms with Crippen LogP contribution in [0.15, 0.2) is 48.5 Å². The summed E-state index contributed by atoms with van der Waals surface area (Å²) in [5, 5.41) is 3.32. The molecule has 0 spiro atoms. The molecule has 0 aliphatic carbocycles. The number of benzene rings is 2. The molecule has 1 atom stereocenters. The van der Waals surface area contributed by atoms with Crippen LogP contribution in [0, 0.1) is 6.92 Å². The Morgan fingerprint density at radius 1 is 1.15 bits per heavy atom. The summed E-state index contributed by atoms with van der Waals surface area (Å²) in [5.41, 5.74) is 2.47. The average Bonchev–Trinajstić information content (AvgIpc) is 2.64. The highest BCUT2D eigenvalue weighted by Crippen LogP contribution is 2.12. The fourth-order valence-corrected chi connectivity index (χ4v) is 2.95. The smallest absolute Gasteiger partial charge is 0.329 e. The Morgan fingerprint density at radius 3 is 2.50 bits per heavy atom. The predicted molar refractivity (Wildman–Crippen MR) is 107 cm³/mol. The number of ether oxygens (including phenoxy) is 1. The lowest BCUT2D eigenvalue weighted by Gasteiger charge is -2.18. The van der Waals surface area contributed by atoms with Crippen molar-refractivity contribution in [3.8, 4) is 0 Å². The van der Waals surface area contributed by atoms with Gasteiger partial charge in [0, 0.05) is 10.6 Å². The van der Waals surface area contributed by atoms with Crippen molar-refractivity contribution in [2.24, 2.45) is 0 Å². The largest absolute Gasteiger partial charge is 0.459 e. The Hall–Kier alpha value is -1.98. The summed E-state index contributed by atoms with van der Waals surface area (Å²) in [6.07, 6.45) is 2.46. The summed E-state index contributed by atoms with van der Waals surface area (Å²) < 4.78 is 5.44. The van der Waals surface area contributed by atoms with Gasteiger partial charge in [-0.15, -0.1) is 0 Å². The molecule has 2 rings (SSSR count). The number of aryl methyl sites for hydroxylation is 1. The molecule has 1 N–H and O–H groups in total. The molecule has 0 bridgehead atoms. The van der Waals surface area contributed by atoms with Gasteiger partial charge < -0.3 is 10.1 Å². The van der Waals surface area contributed by atoms with Crippen LogP contribution in [0.1, 0.15) is 27.9 Å². The Balaban J connectivity index is 2.00. The molecule has 6 heteroatoms. The third-order valence-electron chi connectivity index (χ3n) is 3.94. The number of hydrogen-bond acceptors (Lipinski definition) is 4. The van der Waals surface area contributed by atoms with E-state index in [-0.39, 0.29) is 12.5 Å². The number of carbonyl (C=O) groups is 2. The molecule has 0 unspecified atom stereocenters. The molecule has 1 amide bonds. The van der Waals surface area contributed by atoms with Gasteiger partial charge in [0.1, 0.15) is 12.6 Å². The van der Waals surface area contributed by atoms with Gasteiger partial charge in [0.2, 0.25) is 0 Å². The highest BCUT2D eigenvalue weighted by molar-refractivity contribution is 7.98. The number of thioether (sulfide) groups is 1. The van der Waals surface area contributed by atoms with Crippen LogP contribution in [0.4, 0.5) is 0 Å². The van der Waals surface area contributed by atoms with E-state index in [0.29, 0.717) is 17.0 Å². The van der Waals surface area contributed by atoms with E-state index in [1.54, 1.807) is 36.0 Å². The lowest BCUT2D eigenvalue weighted by molar-refractivity contribution is -0.147.